The topological polar surface area (TPSA) is 42.9 Å². The van der Waals surface area contributed by atoms with E-state index in [1.807, 2.05) is 6.92 Å². The molecule has 7 heteroatoms. The van der Waals surface area contributed by atoms with Crippen LogP contribution in [0.2, 0.25) is 0 Å². The van der Waals surface area contributed by atoms with Crippen LogP contribution in [0.15, 0.2) is 42.6 Å². The minimum absolute atomic E-state index is 0.185. The molecule has 0 aliphatic heterocycles. The van der Waals surface area contributed by atoms with Crippen LogP contribution in [-0.2, 0) is 5.92 Å². The van der Waals surface area contributed by atoms with Gasteiger partial charge in [-0.15, -0.1) is 0 Å². The number of hydrogen-bond donors (Lipinski definition) is 0. The lowest BCUT2D eigenvalue weighted by molar-refractivity contribution is 0.00424. The molecule has 0 amide bonds. The number of carbonyl (C=O) groups is 1. The first kappa shape index (κ1) is 16.0. The van der Waals surface area contributed by atoms with Crippen LogP contribution >= 0.6 is 0 Å². The Hall–Kier alpha value is -2.83. The molecule has 0 spiro atoms. The third kappa shape index (κ3) is 2.73. The van der Waals surface area contributed by atoms with Crippen molar-refractivity contribution in [3.63, 3.8) is 0 Å². The molecule has 0 radical (unpaired) electrons. The Morgan fingerprint density at radius 2 is 1.79 bits per heavy atom. The van der Waals surface area contributed by atoms with Gasteiger partial charge in [0.25, 0.3) is 0 Å². The highest BCUT2D eigenvalue weighted by Gasteiger charge is 2.44. The molecular formula is C17H10F4N2O. The average molecular weight is 334 g/mol. The Balaban J connectivity index is 2.06. The molecular weight excluding hydrogens is 324 g/mol. The van der Waals surface area contributed by atoms with Gasteiger partial charge in [-0.25, -0.2) is 13.8 Å². The number of halogens is 4. The molecule has 0 fully saturated rings. The number of carbonyl (C=O) groups excluding carboxylic acids is 1. The molecule has 3 aromatic rings. The summed E-state index contributed by atoms with van der Waals surface area (Å²) < 4.78 is 55.3. The molecule has 1 aromatic heterocycles. The number of benzene rings is 2. The van der Waals surface area contributed by atoms with Gasteiger partial charge < -0.3 is 0 Å². The van der Waals surface area contributed by atoms with Crippen molar-refractivity contribution in [3.8, 4) is 0 Å². The predicted octanol–water partition coefficient (Wildman–Crippen LogP) is 4.19. The van der Waals surface area contributed by atoms with Crippen molar-refractivity contribution >= 4 is 16.8 Å². The van der Waals surface area contributed by atoms with Gasteiger partial charge in [0, 0.05) is 6.07 Å². The number of rotatable bonds is 3. The fourth-order valence-corrected chi connectivity index (χ4v) is 2.23. The summed E-state index contributed by atoms with van der Waals surface area (Å²) in [7, 11) is 0. The van der Waals surface area contributed by atoms with Crippen LogP contribution in [0, 0.1) is 18.6 Å². The first-order valence-electron chi connectivity index (χ1n) is 6.90. The van der Waals surface area contributed by atoms with Crippen LogP contribution in [0.4, 0.5) is 17.6 Å². The number of alkyl halides is 2. The maximum atomic E-state index is 14.4. The molecule has 3 rings (SSSR count). The van der Waals surface area contributed by atoms with Crippen molar-refractivity contribution in [2.24, 2.45) is 0 Å². The SMILES string of the molecule is Cc1ccc2nc(C(F)(F)C(=O)c3ccc(F)cc3F)cnc2c1. The summed E-state index contributed by atoms with van der Waals surface area (Å²) in [5.41, 5.74) is -0.347. The third-order valence-electron chi connectivity index (χ3n) is 3.48. The van der Waals surface area contributed by atoms with Crippen LogP contribution in [0.25, 0.3) is 11.0 Å². The lowest BCUT2D eigenvalue weighted by Gasteiger charge is -2.15. The summed E-state index contributed by atoms with van der Waals surface area (Å²) in [6.45, 7) is 1.81. The van der Waals surface area contributed by atoms with Gasteiger partial charge in [0.05, 0.1) is 22.8 Å². The number of ketones is 1. The molecule has 0 atom stereocenters. The molecule has 0 saturated carbocycles. The number of fused-ring (bicyclic) bond motifs is 1. The van der Waals surface area contributed by atoms with Gasteiger partial charge in [-0.3, -0.25) is 9.78 Å². The highest BCUT2D eigenvalue weighted by Crippen LogP contribution is 2.32. The van der Waals surface area contributed by atoms with Gasteiger partial charge >= 0.3 is 5.92 Å². The Kier molecular flexibility index (Phi) is 3.79. The fraction of sp³-hybridized carbons (Fsp3) is 0.118. The first-order chi connectivity index (χ1) is 11.3. The fourth-order valence-electron chi connectivity index (χ4n) is 2.23. The van der Waals surface area contributed by atoms with Crippen molar-refractivity contribution in [1.29, 1.82) is 0 Å². The van der Waals surface area contributed by atoms with E-state index < -0.39 is 34.6 Å². The number of hydrogen-bond acceptors (Lipinski definition) is 3. The standard InChI is InChI=1S/C17H10F4N2O/c1-9-2-5-13-14(6-9)22-8-15(23-13)17(20,21)16(24)11-4-3-10(18)7-12(11)19/h2-8H,1H3. The maximum Gasteiger partial charge on any atom is 0.353 e. The lowest BCUT2D eigenvalue weighted by Crippen LogP contribution is -2.28. The number of aryl methyl sites for hydroxylation is 1. The molecule has 0 N–H and O–H groups in total. The highest BCUT2D eigenvalue weighted by molar-refractivity contribution is 6.02. The minimum Gasteiger partial charge on any atom is -0.287 e. The quantitative estimate of drug-likeness (QED) is 0.533. The summed E-state index contributed by atoms with van der Waals surface area (Å²) in [6.07, 6.45) is 0.779. The molecule has 122 valence electrons. The van der Waals surface area contributed by atoms with Crippen molar-refractivity contribution in [3.05, 3.63) is 71.1 Å². The monoisotopic (exact) mass is 334 g/mol. The van der Waals surface area contributed by atoms with E-state index >= 15 is 0 Å². The zero-order valence-corrected chi connectivity index (χ0v) is 12.4. The van der Waals surface area contributed by atoms with E-state index in [0.717, 1.165) is 17.8 Å². The second kappa shape index (κ2) is 5.67. The van der Waals surface area contributed by atoms with Crippen molar-refractivity contribution in [1.82, 2.24) is 9.97 Å². The van der Waals surface area contributed by atoms with E-state index in [1.54, 1.807) is 12.1 Å². The van der Waals surface area contributed by atoms with Crippen molar-refractivity contribution in [2.75, 3.05) is 0 Å². The van der Waals surface area contributed by atoms with Crippen LogP contribution in [0.1, 0.15) is 21.6 Å². The Morgan fingerprint density at radius 1 is 1.04 bits per heavy atom. The molecule has 1 heterocycles. The van der Waals surface area contributed by atoms with Crippen molar-refractivity contribution in [2.45, 2.75) is 12.8 Å². The smallest absolute Gasteiger partial charge is 0.287 e. The van der Waals surface area contributed by atoms with Gasteiger partial charge in [0.15, 0.2) is 0 Å². The lowest BCUT2D eigenvalue weighted by atomic mass is 10.0. The summed E-state index contributed by atoms with van der Waals surface area (Å²) in [5.74, 6) is -8.22. The zero-order valence-electron chi connectivity index (χ0n) is 12.4. The first-order valence-corrected chi connectivity index (χ1v) is 6.90. The molecule has 3 nitrogen and oxygen atoms in total. The van der Waals surface area contributed by atoms with Crippen molar-refractivity contribution < 1.29 is 22.4 Å². The summed E-state index contributed by atoms with van der Waals surface area (Å²) in [5, 5.41) is 0. The number of Topliss-reactive ketones (excluding diaryl/α,β-unsaturated/α-hetero) is 1. The minimum atomic E-state index is -4.09. The van der Waals surface area contributed by atoms with Crippen LogP contribution in [-0.4, -0.2) is 15.8 Å². The van der Waals surface area contributed by atoms with Gasteiger partial charge in [-0.05, 0) is 36.8 Å². The number of nitrogens with zero attached hydrogens (tertiary/aromatic N) is 2. The van der Waals surface area contributed by atoms with Crippen LogP contribution in [0.5, 0.6) is 0 Å². The highest BCUT2D eigenvalue weighted by atomic mass is 19.3. The molecule has 0 aliphatic rings. The molecule has 0 aliphatic carbocycles. The number of aromatic nitrogens is 2. The summed E-state index contributed by atoms with van der Waals surface area (Å²) in [4.78, 5) is 19.6. The van der Waals surface area contributed by atoms with E-state index in [4.69, 9.17) is 0 Å². The molecule has 2 aromatic carbocycles. The summed E-state index contributed by atoms with van der Waals surface area (Å²) in [6, 6.07) is 6.62. The van der Waals surface area contributed by atoms with Crippen LogP contribution < -0.4 is 0 Å². The maximum absolute atomic E-state index is 14.4. The normalized spacial score (nSPS) is 11.7. The Bertz CT molecular complexity index is 956. The summed E-state index contributed by atoms with van der Waals surface area (Å²) >= 11 is 0. The van der Waals surface area contributed by atoms with E-state index in [9.17, 15) is 22.4 Å². The molecule has 0 saturated heterocycles. The van der Waals surface area contributed by atoms with Gasteiger partial charge in [-0.2, -0.15) is 8.78 Å². The van der Waals surface area contributed by atoms with E-state index in [-0.39, 0.29) is 5.52 Å². The predicted molar refractivity (Wildman–Crippen MR) is 78.9 cm³/mol. The van der Waals surface area contributed by atoms with Gasteiger partial charge in [0.1, 0.15) is 17.3 Å². The Morgan fingerprint density at radius 3 is 2.50 bits per heavy atom. The van der Waals surface area contributed by atoms with Crippen LogP contribution in [0.3, 0.4) is 0 Å². The largest absolute Gasteiger partial charge is 0.353 e. The van der Waals surface area contributed by atoms with E-state index in [2.05, 4.69) is 9.97 Å². The average Bonchev–Trinajstić information content (AvgIpc) is 2.53. The second-order valence-corrected chi connectivity index (χ2v) is 5.28. The third-order valence-corrected chi connectivity index (χ3v) is 3.48. The molecule has 0 unspecified atom stereocenters. The van der Waals surface area contributed by atoms with Gasteiger partial charge in [0.2, 0.25) is 5.78 Å². The zero-order chi connectivity index (χ0) is 17.5. The van der Waals surface area contributed by atoms with E-state index in [0.29, 0.717) is 17.6 Å². The van der Waals surface area contributed by atoms with Gasteiger partial charge in [-0.1, -0.05) is 6.07 Å². The molecule has 24 heavy (non-hydrogen) atoms. The van der Waals surface area contributed by atoms with E-state index in [1.165, 1.54) is 6.07 Å². The second-order valence-electron chi connectivity index (χ2n) is 5.28. The molecule has 0 bridgehead atoms. The Labute approximate surface area is 134 Å².